The number of allylic oxidation sites excluding steroid dienone is 3. The quantitative estimate of drug-likeness (QED) is 0.426. The van der Waals surface area contributed by atoms with E-state index in [1.54, 1.807) is 18.4 Å². The minimum absolute atomic E-state index is 0.0138. The lowest BCUT2D eigenvalue weighted by molar-refractivity contribution is -0.139. The average Bonchev–Trinajstić information content (AvgIpc) is 3.32. The van der Waals surface area contributed by atoms with Crippen LogP contribution in [0, 0.1) is 0 Å². The molecule has 1 aliphatic carbocycles. The molecule has 172 valence electrons. The highest BCUT2D eigenvalue weighted by atomic mass is 32.1. The first-order valence-corrected chi connectivity index (χ1v) is 12.1. The monoisotopic (exact) mass is 463 g/mol. The molecule has 5 nitrogen and oxygen atoms in total. The second-order valence-corrected chi connectivity index (χ2v) is 9.44. The molecule has 2 heterocycles. The molecule has 2 aromatic rings. The second-order valence-electron chi connectivity index (χ2n) is 8.66. The maximum atomic E-state index is 13.6. The zero-order chi connectivity index (χ0) is 23.5. The molecule has 1 aromatic heterocycles. The van der Waals surface area contributed by atoms with Gasteiger partial charge in [0.25, 0.3) is 0 Å². The number of ether oxygens (including phenoxy) is 2. The first kappa shape index (κ1) is 23.1. The number of carbonyl (C=O) groups excluding carboxylic acids is 2. The van der Waals surface area contributed by atoms with Crippen molar-refractivity contribution in [2.45, 2.75) is 44.9 Å². The summed E-state index contributed by atoms with van der Waals surface area (Å²) in [6.45, 7) is 7.93. The maximum absolute atomic E-state index is 13.6. The number of hydrogen-bond acceptors (Lipinski definition) is 6. The van der Waals surface area contributed by atoms with Gasteiger partial charge in [-0.15, -0.1) is 6.58 Å². The number of benzene rings is 1. The van der Waals surface area contributed by atoms with E-state index in [9.17, 15) is 9.59 Å². The van der Waals surface area contributed by atoms with Crippen LogP contribution in [-0.2, 0) is 14.3 Å². The molecule has 0 radical (unpaired) electrons. The number of Topliss-reactive ketones (excluding diaryl/α,β-unsaturated/α-hetero) is 1. The van der Waals surface area contributed by atoms with E-state index in [2.05, 4.69) is 11.9 Å². The number of ketones is 1. The van der Waals surface area contributed by atoms with Crippen molar-refractivity contribution < 1.29 is 19.1 Å². The molecule has 0 bridgehead atoms. The van der Waals surface area contributed by atoms with Crippen LogP contribution < -0.4 is 10.1 Å². The molecule has 1 aromatic carbocycles. The Morgan fingerprint density at radius 2 is 2.03 bits per heavy atom. The van der Waals surface area contributed by atoms with Gasteiger partial charge in [0, 0.05) is 41.6 Å². The predicted octanol–water partition coefficient (Wildman–Crippen LogP) is 5.63. The van der Waals surface area contributed by atoms with E-state index in [0.29, 0.717) is 30.4 Å². The third-order valence-corrected chi connectivity index (χ3v) is 6.97. The number of carbonyl (C=O) groups is 2. The number of dihydropyridines is 1. The molecule has 6 heteroatoms. The van der Waals surface area contributed by atoms with E-state index in [0.717, 1.165) is 33.8 Å². The third-order valence-electron chi connectivity index (χ3n) is 6.26. The summed E-state index contributed by atoms with van der Waals surface area (Å²) >= 11 is 1.56. The van der Waals surface area contributed by atoms with Crippen LogP contribution in [0.15, 0.2) is 75.8 Å². The Morgan fingerprint density at radius 3 is 2.73 bits per heavy atom. The van der Waals surface area contributed by atoms with Crippen molar-refractivity contribution in [2.75, 3.05) is 13.7 Å². The molecule has 4 rings (SSSR count). The van der Waals surface area contributed by atoms with Gasteiger partial charge in [-0.25, -0.2) is 4.79 Å². The first-order chi connectivity index (χ1) is 15.9. The van der Waals surface area contributed by atoms with Crippen molar-refractivity contribution >= 4 is 23.1 Å². The van der Waals surface area contributed by atoms with Gasteiger partial charge in [-0.3, -0.25) is 4.79 Å². The Hall–Kier alpha value is -3.12. The summed E-state index contributed by atoms with van der Waals surface area (Å²) in [5, 5.41) is 7.37. The Kier molecular flexibility index (Phi) is 6.84. The number of rotatable bonds is 7. The predicted molar refractivity (Wildman–Crippen MR) is 130 cm³/mol. The largest absolute Gasteiger partial charge is 0.496 e. The molecule has 2 atom stereocenters. The molecule has 1 N–H and O–H groups in total. The van der Waals surface area contributed by atoms with Gasteiger partial charge in [-0.05, 0) is 54.3 Å². The van der Waals surface area contributed by atoms with Gasteiger partial charge in [0.15, 0.2) is 5.78 Å². The minimum atomic E-state index is -0.420. The van der Waals surface area contributed by atoms with Gasteiger partial charge in [0.05, 0.1) is 19.3 Å². The number of hydrogen-bond donors (Lipinski definition) is 1. The summed E-state index contributed by atoms with van der Waals surface area (Å²) in [5.41, 5.74) is 5.74. The molecule has 0 amide bonds. The summed E-state index contributed by atoms with van der Waals surface area (Å²) in [5.74, 6) is 0.0497. The molecule has 1 aliphatic heterocycles. The van der Waals surface area contributed by atoms with Gasteiger partial charge in [-0.2, -0.15) is 11.3 Å². The standard InChI is InChI=1S/C27H29NO4S/c1-16(2)9-11-32-27(30)24-17(3)28-21-13-19(20-7-5-6-8-23(20)31-4)14-22(29)26(21)25(24)18-10-12-33-15-18/h5-8,10,12,15,19,25,28H,1,9,11,13-14H2,2-4H3. The lowest BCUT2D eigenvalue weighted by Gasteiger charge is -2.36. The fourth-order valence-corrected chi connectivity index (χ4v) is 5.39. The van der Waals surface area contributed by atoms with Crippen LogP contribution in [0.25, 0.3) is 0 Å². The molecule has 0 spiro atoms. The molecular weight excluding hydrogens is 434 g/mol. The lowest BCUT2D eigenvalue weighted by Crippen LogP contribution is -2.36. The number of esters is 1. The van der Waals surface area contributed by atoms with E-state index >= 15 is 0 Å². The number of thiophene rings is 1. The Labute approximate surface area is 198 Å². The van der Waals surface area contributed by atoms with Crippen LogP contribution in [0.5, 0.6) is 5.75 Å². The van der Waals surface area contributed by atoms with Crippen molar-refractivity contribution in [1.82, 2.24) is 5.32 Å². The Bertz CT molecular complexity index is 1140. The summed E-state index contributed by atoms with van der Waals surface area (Å²) in [6, 6.07) is 9.84. The fraction of sp³-hybridized carbons (Fsp3) is 0.333. The summed E-state index contributed by atoms with van der Waals surface area (Å²) < 4.78 is 11.1. The van der Waals surface area contributed by atoms with Gasteiger partial charge in [0.2, 0.25) is 0 Å². The molecular formula is C27H29NO4S. The molecule has 0 saturated heterocycles. The van der Waals surface area contributed by atoms with E-state index in [-0.39, 0.29) is 24.3 Å². The first-order valence-electron chi connectivity index (χ1n) is 11.1. The Balaban J connectivity index is 1.70. The van der Waals surface area contributed by atoms with Gasteiger partial charge < -0.3 is 14.8 Å². The van der Waals surface area contributed by atoms with Crippen LogP contribution in [0.4, 0.5) is 0 Å². The second kappa shape index (κ2) is 9.79. The summed E-state index contributed by atoms with van der Waals surface area (Å²) in [6.07, 6.45) is 1.66. The highest BCUT2D eigenvalue weighted by Crippen LogP contribution is 2.47. The van der Waals surface area contributed by atoms with Gasteiger partial charge in [0.1, 0.15) is 5.75 Å². The smallest absolute Gasteiger partial charge is 0.336 e. The van der Waals surface area contributed by atoms with Crippen molar-refractivity contribution in [3.05, 3.63) is 86.9 Å². The van der Waals surface area contributed by atoms with Crippen LogP contribution in [0.1, 0.15) is 56.1 Å². The zero-order valence-corrected chi connectivity index (χ0v) is 20.1. The van der Waals surface area contributed by atoms with Crippen molar-refractivity contribution in [3.63, 3.8) is 0 Å². The number of methoxy groups -OCH3 is 1. The fourth-order valence-electron chi connectivity index (χ4n) is 4.70. The van der Waals surface area contributed by atoms with Gasteiger partial charge in [-0.1, -0.05) is 23.8 Å². The third kappa shape index (κ3) is 4.67. The summed E-state index contributed by atoms with van der Waals surface area (Å²) in [7, 11) is 1.65. The molecule has 2 unspecified atom stereocenters. The number of para-hydroxylation sites is 1. The molecule has 0 saturated carbocycles. The normalized spacial score (nSPS) is 20.3. The SMILES string of the molecule is C=C(C)CCOC(=O)C1=C(C)NC2=C(C(=O)CC(c3ccccc3OC)C2)C1c1ccsc1. The van der Waals surface area contributed by atoms with E-state index in [4.69, 9.17) is 9.47 Å². The van der Waals surface area contributed by atoms with Crippen molar-refractivity contribution in [3.8, 4) is 5.75 Å². The number of nitrogens with one attached hydrogen (secondary N) is 1. The van der Waals surface area contributed by atoms with Crippen LogP contribution in [-0.4, -0.2) is 25.5 Å². The summed E-state index contributed by atoms with van der Waals surface area (Å²) in [4.78, 5) is 26.7. The topological polar surface area (TPSA) is 64.6 Å². The van der Waals surface area contributed by atoms with Crippen molar-refractivity contribution in [1.29, 1.82) is 0 Å². The molecule has 0 fully saturated rings. The average molecular weight is 464 g/mol. The zero-order valence-electron chi connectivity index (χ0n) is 19.3. The highest BCUT2D eigenvalue weighted by molar-refractivity contribution is 7.08. The van der Waals surface area contributed by atoms with Crippen LogP contribution in [0.2, 0.25) is 0 Å². The van der Waals surface area contributed by atoms with E-state index < -0.39 is 5.92 Å². The molecule has 33 heavy (non-hydrogen) atoms. The van der Waals surface area contributed by atoms with Crippen LogP contribution >= 0.6 is 11.3 Å². The van der Waals surface area contributed by atoms with Crippen molar-refractivity contribution in [2.24, 2.45) is 0 Å². The minimum Gasteiger partial charge on any atom is -0.496 e. The molecule has 2 aliphatic rings. The Morgan fingerprint density at radius 1 is 1.24 bits per heavy atom. The highest BCUT2D eigenvalue weighted by Gasteiger charge is 2.41. The lowest BCUT2D eigenvalue weighted by atomic mass is 9.72. The van der Waals surface area contributed by atoms with Crippen LogP contribution in [0.3, 0.4) is 0 Å². The maximum Gasteiger partial charge on any atom is 0.336 e. The van der Waals surface area contributed by atoms with E-state index in [1.807, 2.05) is 54.9 Å². The van der Waals surface area contributed by atoms with Gasteiger partial charge >= 0.3 is 5.97 Å². The van der Waals surface area contributed by atoms with E-state index in [1.165, 1.54) is 0 Å².